The van der Waals surface area contributed by atoms with Crippen LogP contribution in [0.3, 0.4) is 0 Å². The number of aromatic nitrogens is 2. The number of likely N-dealkylation sites (tertiary alicyclic amines) is 1. The maximum atomic E-state index is 12.1. The van der Waals surface area contributed by atoms with Crippen LogP contribution in [0.2, 0.25) is 0 Å². The van der Waals surface area contributed by atoms with Crippen LogP contribution in [0.1, 0.15) is 44.4 Å². The summed E-state index contributed by atoms with van der Waals surface area (Å²) < 4.78 is 2.01. The number of fused-ring (bicyclic) bond motifs is 1. The van der Waals surface area contributed by atoms with E-state index in [9.17, 15) is 15.0 Å². The first-order valence-corrected chi connectivity index (χ1v) is 9.38. The van der Waals surface area contributed by atoms with E-state index in [-0.39, 0.29) is 0 Å². The highest BCUT2D eigenvalue weighted by atomic mass is 16.4. The molecule has 2 aromatic heterocycles. The van der Waals surface area contributed by atoms with E-state index in [2.05, 4.69) is 23.7 Å². The molecular weight excluding hydrogens is 330 g/mol. The molecule has 0 aliphatic carbocycles. The number of rotatable bonds is 6. The smallest absolute Gasteiger partial charge is 0.313 e. The molecule has 26 heavy (non-hydrogen) atoms. The van der Waals surface area contributed by atoms with Crippen molar-refractivity contribution in [2.75, 3.05) is 13.1 Å². The summed E-state index contributed by atoms with van der Waals surface area (Å²) in [5.74, 6) is -0.476. The number of hydrogen-bond donors (Lipinski definition) is 2. The third kappa shape index (κ3) is 3.76. The highest BCUT2D eigenvalue weighted by Crippen LogP contribution is 2.37. The number of aliphatic hydroxyl groups excluding tert-OH is 1. The van der Waals surface area contributed by atoms with Crippen LogP contribution in [0.5, 0.6) is 0 Å². The van der Waals surface area contributed by atoms with Gasteiger partial charge < -0.3 is 14.6 Å². The van der Waals surface area contributed by atoms with Gasteiger partial charge in [-0.05, 0) is 43.7 Å². The first kappa shape index (κ1) is 18.9. The van der Waals surface area contributed by atoms with E-state index in [4.69, 9.17) is 0 Å². The van der Waals surface area contributed by atoms with E-state index in [1.54, 1.807) is 0 Å². The molecular formula is C20H29N3O3. The van der Waals surface area contributed by atoms with Gasteiger partial charge >= 0.3 is 5.97 Å². The first-order valence-electron chi connectivity index (χ1n) is 9.38. The molecule has 2 atom stereocenters. The fraction of sp³-hybridized carbons (Fsp3) is 0.600. The Hall–Kier alpha value is -1.92. The number of pyridine rings is 1. The van der Waals surface area contributed by atoms with Crippen molar-refractivity contribution < 1.29 is 15.0 Å². The van der Waals surface area contributed by atoms with Crippen LogP contribution in [0.4, 0.5) is 0 Å². The molecule has 2 N–H and O–H groups in total. The number of aliphatic hydroxyl groups is 1. The molecule has 6 nitrogen and oxygen atoms in total. The van der Waals surface area contributed by atoms with E-state index < -0.39 is 17.5 Å². The van der Waals surface area contributed by atoms with Crippen LogP contribution in [-0.2, 0) is 11.3 Å². The minimum absolute atomic E-state index is 0.364. The lowest BCUT2D eigenvalue weighted by molar-refractivity contribution is -0.165. The van der Waals surface area contributed by atoms with Gasteiger partial charge in [-0.3, -0.25) is 9.69 Å². The SMILES string of the molecule is Cc1ccc2nc(CN3CC[C@@H](O)[C@](CCC(C)C)(C(=O)O)C3)cn2c1. The molecule has 0 bridgehead atoms. The number of hydrogen-bond acceptors (Lipinski definition) is 4. The molecule has 0 radical (unpaired) electrons. The van der Waals surface area contributed by atoms with Gasteiger partial charge in [-0.25, -0.2) is 4.98 Å². The molecule has 0 unspecified atom stereocenters. The number of carboxylic acid groups (broad SMARTS) is 1. The highest BCUT2D eigenvalue weighted by Gasteiger charge is 2.48. The maximum Gasteiger partial charge on any atom is 0.313 e. The maximum absolute atomic E-state index is 12.1. The molecule has 142 valence electrons. The first-order chi connectivity index (χ1) is 12.3. The van der Waals surface area contributed by atoms with Crippen molar-refractivity contribution in [3.8, 4) is 0 Å². The van der Waals surface area contributed by atoms with Crippen molar-refractivity contribution >= 4 is 11.6 Å². The third-order valence-electron chi connectivity index (χ3n) is 5.49. The average Bonchev–Trinajstić information content (AvgIpc) is 2.96. The predicted octanol–water partition coefficient (Wildman–Crippen LogP) is 2.72. The van der Waals surface area contributed by atoms with Crippen molar-refractivity contribution in [3.63, 3.8) is 0 Å². The average molecular weight is 359 g/mol. The lowest BCUT2D eigenvalue weighted by atomic mass is 9.73. The molecule has 0 aromatic carbocycles. The van der Waals surface area contributed by atoms with Gasteiger partial charge in [0.2, 0.25) is 0 Å². The second-order valence-corrected chi connectivity index (χ2v) is 8.11. The molecule has 3 rings (SSSR count). The van der Waals surface area contributed by atoms with E-state index in [0.717, 1.165) is 17.8 Å². The summed E-state index contributed by atoms with van der Waals surface area (Å²) in [4.78, 5) is 18.8. The summed E-state index contributed by atoms with van der Waals surface area (Å²) in [5, 5.41) is 20.4. The van der Waals surface area contributed by atoms with Crippen molar-refractivity contribution in [1.29, 1.82) is 0 Å². The van der Waals surface area contributed by atoms with Crippen LogP contribution < -0.4 is 0 Å². The molecule has 2 aromatic rings. The number of imidazole rings is 1. The number of nitrogens with zero attached hydrogens (tertiary/aromatic N) is 3. The molecule has 3 heterocycles. The summed E-state index contributed by atoms with van der Waals surface area (Å²) in [5.41, 5.74) is 1.90. The van der Waals surface area contributed by atoms with Crippen molar-refractivity contribution in [1.82, 2.24) is 14.3 Å². The van der Waals surface area contributed by atoms with E-state index in [1.807, 2.05) is 35.9 Å². The Morgan fingerprint density at radius 3 is 2.85 bits per heavy atom. The second kappa shape index (κ2) is 7.37. The van der Waals surface area contributed by atoms with Crippen molar-refractivity contribution in [2.45, 2.75) is 52.7 Å². The zero-order valence-corrected chi connectivity index (χ0v) is 15.9. The summed E-state index contributed by atoms with van der Waals surface area (Å²) in [6.45, 7) is 7.86. The Morgan fingerprint density at radius 2 is 2.15 bits per heavy atom. The monoisotopic (exact) mass is 359 g/mol. The zero-order chi connectivity index (χ0) is 18.9. The van der Waals surface area contributed by atoms with Gasteiger partial charge in [0, 0.05) is 32.0 Å². The normalized spacial score (nSPS) is 24.4. The Balaban J connectivity index is 1.78. The molecule has 1 aliphatic heterocycles. The largest absolute Gasteiger partial charge is 0.481 e. The molecule has 6 heteroatoms. The molecule has 1 fully saturated rings. The molecule has 1 saturated heterocycles. The van der Waals surface area contributed by atoms with Crippen LogP contribution >= 0.6 is 0 Å². The second-order valence-electron chi connectivity index (χ2n) is 8.11. The predicted molar refractivity (Wildman–Crippen MR) is 100.0 cm³/mol. The number of aryl methyl sites for hydroxylation is 1. The van der Waals surface area contributed by atoms with Gasteiger partial charge in [-0.2, -0.15) is 0 Å². The van der Waals surface area contributed by atoms with Gasteiger partial charge in [-0.15, -0.1) is 0 Å². The quantitative estimate of drug-likeness (QED) is 0.829. The van der Waals surface area contributed by atoms with Crippen LogP contribution in [-0.4, -0.2) is 49.7 Å². The Labute approximate surface area is 154 Å². The number of aliphatic carboxylic acids is 1. The minimum atomic E-state index is -1.09. The lowest BCUT2D eigenvalue weighted by Gasteiger charge is -2.43. The Bertz CT molecular complexity index is 786. The fourth-order valence-corrected chi connectivity index (χ4v) is 3.87. The van der Waals surface area contributed by atoms with Gasteiger partial charge in [0.05, 0.1) is 11.8 Å². The Morgan fingerprint density at radius 1 is 1.38 bits per heavy atom. The highest BCUT2D eigenvalue weighted by molar-refractivity contribution is 5.76. The van der Waals surface area contributed by atoms with E-state index in [1.165, 1.54) is 5.56 Å². The van der Waals surface area contributed by atoms with E-state index >= 15 is 0 Å². The fourth-order valence-electron chi connectivity index (χ4n) is 3.87. The molecule has 0 amide bonds. The zero-order valence-electron chi connectivity index (χ0n) is 15.9. The summed E-state index contributed by atoms with van der Waals surface area (Å²) in [6, 6.07) is 4.02. The third-order valence-corrected chi connectivity index (χ3v) is 5.49. The summed E-state index contributed by atoms with van der Waals surface area (Å²) in [6.07, 6.45) is 5.03. The van der Waals surface area contributed by atoms with Gasteiger partial charge in [-0.1, -0.05) is 19.9 Å². The Kier molecular flexibility index (Phi) is 5.34. The summed E-state index contributed by atoms with van der Waals surface area (Å²) in [7, 11) is 0. The van der Waals surface area contributed by atoms with Crippen LogP contribution in [0, 0.1) is 18.3 Å². The van der Waals surface area contributed by atoms with Gasteiger partial charge in [0.15, 0.2) is 0 Å². The van der Waals surface area contributed by atoms with E-state index in [0.29, 0.717) is 38.4 Å². The standard InChI is InChI=1S/C20H29N3O3/c1-14(2)6-8-20(19(25)26)13-22(9-7-17(20)24)11-16-12-23-10-15(3)4-5-18(23)21-16/h4-5,10,12,14,17,24H,6-9,11,13H2,1-3H3,(H,25,26)/t17-,20-/m1/s1. The number of piperidine rings is 1. The molecule has 1 aliphatic rings. The van der Waals surface area contributed by atoms with Crippen molar-refractivity contribution in [2.24, 2.45) is 11.3 Å². The van der Waals surface area contributed by atoms with Crippen LogP contribution in [0.25, 0.3) is 5.65 Å². The lowest BCUT2D eigenvalue weighted by Crippen LogP contribution is -2.55. The van der Waals surface area contributed by atoms with Gasteiger partial charge in [0.25, 0.3) is 0 Å². The summed E-state index contributed by atoms with van der Waals surface area (Å²) >= 11 is 0. The van der Waals surface area contributed by atoms with Gasteiger partial charge in [0.1, 0.15) is 11.1 Å². The minimum Gasteiger partial charge on any atom is -0.481 e. The van der Waals surface area contributed by atoms with Crippen LogP contribution in [0.15, 0.2) is 24.5 Å². The molecule has 0 saturated carbocycles. The van der Waals surface area contributed by atoms with Crippen molar-refractivity contribution in [3.05, 3.63) is 35.8 Å². The number of carbonyl (C=O) groups is 1. The number of carboxylic acids is 1. The molecule has 0 spiro atoms. The topological polar surface area (TPSA) is 78.1 Å².